The summed E-state index contributed by atoms with van der Waals surface area (Å²) >= 11 is 0. The molecule has 12 heavy (non-hydrogen) atoms. The molecule has 1 atom stereocenters. The van der Waals surface area contributed by atoms with Crippen LogP contribution in [0.15, 0.2) is 23.4 Å². The maximum atomic E-state index is 11.2. The molecule has 1 saturated heterocycles. The van der Waals surface area contributed by atoms with Crippen molar-refractivity contribution in [2.24, 2.45) is 5.92 Å². The molecule has 1 amide bonds. The number of ketones is 1. The van der Waals surface area contributed by atoms with Crippen LogP contribution in [0.5, 0.6) is 0 Å². The van der Waals surface area contributed by atoms with Crippen molar-refractivity contribution < 1.29 is 9.59 Å². The number of fused-ring (bicyclic) bond motifs is 1. The van der Waals surface area contributed by atoms with Crippen molar-refractivity contribution in [1.82, 2.24) is 5.32 Å². The Bertz CT molecular complexity index is 325. The van der Waals surface area contributed by atoms with E-state index in [0.717, 1.165) is 11.3 Å². The zero-order valence-corrected chi connectivity index (χ0v) is 6.76. The van der Waals surface area contributed by atoms with E-state index in [1.807, 2.05) is 19.1 Å². The molecule has 3 nitrogen and oxygen atoms in total. The van der Waals surface area contributed by atoms with Crippen molar-refractivity contribution in [2.45, 2.75) is 13.3 Å². The van der Waals surface area contributed by atoms with E-state index in [-0.39, 0.29) is 11.7 Å². The molecule has 1 unspecified atom stereocenters. The highest BCUT2D eigenvalue weighted by Gasteiger charge is 2.37. The first kappa shape index (κ1) is 7.28. The van der Waals surface area contributed by atoms with Gasteiger partial charge in [-0.1, -0.05) is 11.6 Å². The summed E-state index contributed by atoms with van der Waals surface area (Å²) in [5.41, 5.74) is 1.91. The zero-order valence-electron chi connectivity index (χ0n) is 6.76. The molecule has 0 aromatic rings. The Morgan fingerprint density at radius 3 is 2.92 bits per heavy atom. The van der Waals surface area contributed by atoms with Crippen LogP contribution in [0.1, 0.15) is 13.3 Å². The van der Waals surface area contributed by atoms with Crippen LogP contribution in [0.25, 0.3) is 0 Å². The van der Waals surface area contributed by atoms with Gasteiger partial charge in [0.1, 0.15) is 0 Å². The highest BCUT2D eigenvalue weighted by Crippen LogP contribution is 2.27. The first-order valence-corrected chi connectivity index (χ1v) is 3.91. The third kappa shape index (κ3) is 0.897. The van der Waals surface area contributed by atoms with E-state index in [4.69, 9.17) is 0 Å². The predicted molar refractivity (Wildman–Crippen MR) is 43.1 cm³/mol. The minimum Gasteiger partial charge on any atom is -0.322 e. The van der Waals surface area contributed by atoms with Gasteiger partial charge in [-0.3, -0.25) is 9.59 Å². The van der Waals surface area contributed by atoms with Crippen LogP contribution in [0, 0.1) is 5.92 Å². The molecule has 0 aromatic carbocycles. The van der Waals surface area contributed by atoms with E-state index in [1.54, 1.807) is 0 Å². The van der Waals surface area contributed by atoms with Gasteiger partial charge < -0.3 is 5.32 Å². The van der Waals surface area contributed by atoms with Gasteiger partial charge in [0.15, 0.2) is 0 Å². The third-order valence-electron chi connectivity index (χ3n) is 2.25. The molecule has 3 heteroatoms. The lowest BCUT2D eigenvalue weighted by atomic mass is 9.91. The summed E-state index contributed by atoms with van der Waals surface area (Å²) in [6.07, 6.45) is 4.43. The SMILES string of the molecule is CC1=CC=C2NC(=O)C(=O)C2C1. The number of carbonyl (C=O) groups is 2. The van der Waals surface area contributed by atoms with Crippen LogP contribution in [0.4, 0.5) is 0 Å². The molecule has 0 aromatic heterocycles. The molecule has 2 rings (SSSR count). The van der Waals surface area contributed by atoms with Gasteiger partial charge in [-0.25, -0.2) is 0 Å². The van der Waals surface area contributed by atoms with E-state index in [2.05, 4.69) is 5.32 Å². The van der Waals surface area contributed by atoms with Crippen LogP contribution in [0.3, 0.4) is 0 Å². The topological polar surface area (TPSA) is 46.2 Å². The second-order valence-electron chi connectivity index (χ2n) is 3.21. The van der Waals surface area contributed by atoms with E-state index < -0.39 is 5.91 Å². The number of hydrogen-bond acceptors (Lipinski definition) is 2. The molecular formula is C9H9NO2. The number of Topliss-reactive ketones (excluding diaryl/α,β-unsaturated/α-hetero) is 1. The Balaban J connectivity index is 2.36. The Labute approximate surface area is 70.1 Å². The minimum atomic E-state index is -0.464. The predicted octanol–water partition coefficient (Wildman–Crippen LogP) is 0.535. The average molecular weight is 163 g/mol. The van der Waals surface area contributed by atoms with Gasteiger partial charge in [-0.05, 0) is 19.4 Å². The lowest BCUT2D eigenvalue weighted by molar-refractivity contribution is -0.136. The number of carbonyl (C=O) groups excluding carboxylic acids is 2. The Hall–Kier alpha value is -1.38. The summed E-state index contributed by atoms with van der Waals surface area (Å²) in [5.74, 6) is -0.981. The highest BCUT2D eigenvalue weighted by atomic mass is 16.2. The molecule has 1 N–H and O–H groups in total. The smallest absolute Gasteiger partial charge is 0.292 e. The third-order valence-corrected chi connectivity index (χ3v) is 2.25. The van der Waals surface area contributed by atoms with Gasteiger partial charge in [0.25, 0.3) is 5.91 Å². The Morgan fingerprint density at radius 2 is 2.17 bits per heavy atom. The standard InChI is InChI=1S/C9H9NO2/c1-5-2-3-7-6(4-5)8(11)9(12)10-7/h2-3,6H,4H2,1H3,(H,10,12). The maximum absolute atomic E-state index is 11.2. The monoisotopic (exact) mass is 163 g/mol. The first-order chi connectivity index (χ1) is 5.68. The molecule has 1 heterocycles. The van der Waals surface area contributed by atoms with E-state index in [9.17, 15) is 9.59 Å². The summed E-state index contributed by atoms with van der Waals surface area (Å²) in [5, 5.41) is 2.55. The number of amides is 1. The molecule has 0 spiro atoms. The fourth-order valence-electron chi connectivity index (χ4n) is 1.56. The second kappa shape index (κ2) is 2.30. The molecule has 2 aliphatic rings. The molecule has 62 valence electrons. The normalized spacial score (nSPS) is 27.6. The molecule has 0 radical (unpaired) electrons. The van der Waals surface area contributed by atoms with Crippen LogP contribution >= 0.6 is 0 Å². The summed E-state index contributed by atoms with van der Waals surface area (Å²) in [6.45, 7) is 1.96. The van der Waals surface area contributed by atoms with E-state index in [1.165, 1.54) is 0 Å². The van der Waals surface area contributed by atoms with Crippen molar-refractivity contribution in [3.05, 3.63) is 23.4 Å². The first-order valence-electron chi connectivity index (χ1n) is 3.91. The molecule has 1 aliphatic heterocycles. The average Bonchev–Trinajstić information content (AvgIpc) is 2.31. The summed E-state index contributed by atoms with van der Waals surface area (Å²) < 4.78 is 0. The quantitative estimate of drug-likeness (QED) is 0.529. The Morgan fingerprint density at radius 1 is 1.42 bits per heavy atom. The molecular weight excluding hydrogens is 154 g/mol. The molecule has 0 bridgehead atoms. The molecule has 0 saturated carbocycles. The maximum Gasteiger partial charge on any atom is 0.292 e. The fourth-order valence-corrected chi connectivity index (χ4v) is 1.56. The summed E-state index contributed by atoms with van der Waals surface area (Å²) in [7, 11) is 0. The Kier molecular flexibility index (Phi) is 1.40. The van der Waals surface area contributed by atoms with Crippen molar-refractivity contribution in [2.75, 3.05) is 0 Å². The molecule has 1 fully saturated rings. The summed E-state index contributed by atoms with van der Waals surface area (Å²) in [4.78, 5) is 22.1. The van der Waals surface area contributed by atoms with Crippen LogP contribution < -0.4 is 5.32 Å². The van der Waals surface area contributed by atoms with Gasteiger partial charge in [0, 0.05) is 5.70 Å². The highest BCUT2D eigenvalue weighted by molar-refractivity contribution is 6.40. The second-order valence-corrected chi connectivity index (χ2v) is 3.21. The minimum absolute atomic E-state index is 0.220. The number of hydrogen-bond donors (Lipinski definition) is 1. The van der Waals surface area contributed by atoms with Crippen LogP contribution in [0.2, 0.25) is 0 Å². The van der Waals surface area contributed by atoms with Gasteiger partial charge in [0.2, 0.25) is 5.78 Å². The van der Waals surface area contributed by atoms with Crippen LogP contribution in [-0.4, -0.2) is 11.7 Å². The molecule has 1 aliphatic carbocycles. The number of rotatable bonds is 0. The van der Waals surface area contributed by atoms with Crippen molar-refractivity contribution in [3.8, 4) is 0 Å². The van der Waals surface area contributed by atoms with Crippen molar-refractivity contribution in [1.29, 1.82) is 0 Å². The number of allylic oxidation sites excluding steroid dienone is 4. The van der Waals surface area contributed by atoms with Gasteiger partial charge in [-0.2, -0.15) is 0 Å². The van der Waals surface area contributed by atoms with Gasteiger partial charge in [0.05, 0.1) is 5.92 Å². The van der Waals surface area contributed by atoms with E-state index >= 15 is 0 Å². The van der Waals surface area contributed by atoms with Gasteiger partial charge in [-0.15, -0.1) is 0 Å². The lowest BCUT2D eigenvalue weighted by Gasteiger charge is -2.12. The summed E-state index contributed by atoms with van der Waals surface area (Å²) in [6, 6.07) is 0. The van der Waals surface area contributed by atoms with Crippen LogP contribution in [-0.2, 0) is 9.59 Å². The van der Waals surface area contributed by atoms with Crippen molar-refractivity contribution in [3.63, 3.8) is 0 Å². The number of nitrogens with one attached hydrogen (secondary N) is 1. The van der Waals surface area contributed by atoms with Gasteiger partial charge >= 0.3 is 0 Å². The van der Waals surface area contributed by atoms with Crippen molar-refractivity contribution >= 4 is 11.7 Å². The largest absolute Gasteiger partial charge is 0.322 e. The fraction of sp³-hybridized carbons (Fsp3) is 0.333. The lowest BCUT2D eigenvalue weighted by Crippen LogP contribution is -2.18. The van der Waals surface area contributed by atoms with E-state index in [0.29, 0.717) is 6.42 Å². The zero-order chi connectivity index (χ0) is 8.72.